The highest BCUT2D eigenvalue weighted by Gasteiger charge is 2.12. The monoisotopic (exact) mass is 281 g/mol. The van der Waals surface area contributed by atoms with Gasteiger partial charge in [-0.05, 0) is 28.1 Å². The molecular weight excluding hydrogens is 274 g/mol. The maximum absolute atomic E-state index is 11.2. The third-order valence-corrected chi connectivity index (χ3v) is 2.66. The number of carbonyl (C=O) groups excluding carboxylic acids is 1. The van der Waals surface area contributed by atoms with Crippen LogP contribution in [0, 0.1) is 0 Å². The molecule has 2 heterocycles. The lowest BCUT2D eigenvalue weighted by Gasteiger charge is -1.97. The summed E-state index contributed by atoms with van der Waals surface area (Å²) >= 11 is 3.36. The van der Waals surface area contributed by atoms with Crippen LogP contribution in [0.2, 0.25) is 0 Å². The first kappa shape index (κ1) is 10.8. The van der Waals surface area contributed by atoms with Crippen LogP contribution in [-0.2, 0) is 4.74 Å². The SMILES string of the molecule is COC(=O)c1cc(-c2ccncc2Br)n[nH]1. The molecule has 0 spiro atoms. The second-order valence-corrected chi connectivity index (χ2v) is 3.87. The second kappa shape index (κ2) is 4.44. The van der Waals surface area contributed by atoms with Gasteiger partial charge < -0.3 is 4.74 Å². The fourth-order valence-electron chi connectivity index (χ4n) is 1.26. The normalized spacial score (nSPS) is 10.1. The molecule has 16 heavy (non-hydrogen) atoms. The van der Waals surface area contributed by atoms with Crippen molar-refractivity contribution in [1.29, 1.82) is 0 Å². The Labute approximate surface area is 100.0 Å². The van der Waals surface area contributed by atoms with Crippen LogP contribution in [0.5, 0.6) is 0 Å². The molecule has 1 N–H and O–H groups in total. The quantitative estimate of drug-likeness (QED) is 0.856. The summed E-state index contributed by atoms with van der Waals surface area (Å²) in [6.45, 7) is 0. The lowest BCUT2D eigenvalue weighted by molar-refractivity contribution is 0.0594. The van der Waals surface area contributed by atoms with Crippen LogP contribution in [0.4, 0.5) is 0 Å². The number of nitrogens with one attached hydrogen (secondary N) is 1. The Morgan fingerprint density at radius 1 is 1.56 bits per heavy atom. The molecule has 0 saturated heterocycles. The van der Waals surface area contributed by atoms with Crippen LogP contribution < -0.4 is 0 Å². The fraction of sp³-hybridized carbons (Fsp3) is 0.100. The molecule has 2 aromatic heterocycles. The first-order valence-electron chi connectivity index (χ1n) is 4.46. The zero-order valence-corrected chi connectivity index (χ0v) is 9.98. The average molecular weight is 282 g/mol. The minimum Gasteiger partial charge on any atom is -0.464 e. The van der Waals surface area contributed by atoms with Crippen molar-refractivity contribution < 1.29 is 9.53 Å². The zero-order valence-electron chi connectivity index (χ0n) is 8.40. The molecule has 0 bridgehead atoms. The van der Waals surface area contributed by atoms with Crippen molar-refractivity contribution in [2.24, 2.45) is 0 Å². The standard InChI is InChI=1S/C10H8BrN3O2/c1-16-10(15)9-4-8(13-14-9)6-2-3-12-5-7(6)11/h2-5H,1H3,(H,13,14). The molecule has 0 amide bonds. The Kier molecular flexibility index (Phi) is 3.00. The highest BCUT2D eigenvalue weighted by molar-refractivity contribution is 9.10. The van der Waals surface area contributed by atoms with Gasteiger partial charge in [0.05, 0.1) is 12.8 Å². The van der Waals surface area contributed by atoms with Gasteiger partial charge in [0.25, 0.3) is 0 Å². The van der Waals surface area contributed by atoms with Crippen molar-refractivity contribution in [2.45, 2.75) is 0 Å². The number of hydrogen-bond donors (Lipinski definition) is 1. The van der Waals surface area contributed by atoms with E-state index in [1.807, 2.05) is 0 Å². The van der Waals surface area contributed by atoms with Crippen LogP contribution in [0.25, 0.3) is 11.3 Å². The molecule has 0 aromatic carbocycles. The lowest BCUT2D eigenvalue weighted by Crippen LogP contribution is -2.00. The highest BCUT2D eigenvalue weighted by Crippen LogP contribution is 2.25. The number of nitrogens with zero attached hydrogens (tertiary/aromatic N) is 2. The van der Waals surface area contributed by atoms with Crippen molar-refractivity contribution in [3.05, 3.63) is 34.7 Å². The largest absolute Gasteiger partial charge is 0.464 e. The molecule has 0 fully saturated rings. The second-order valence-electron chi connectivity index (χ2n) is 3.01. The van der Waals surface area contributed by atoms with E-state index < -0.39 is 5.97 Å². The van der Waals surface area contributed by atoms with E-state index in [0.29, 0.717) is 11.4 Å². The van der Waals surface area contributed by atoms with Crippen molar-refractivity contribution in [2.75, 3.05) is 7.11 Å². The molecule has 0 radical (unpaired) electrons. The third-order valence-electron chi connectivity index (χ3n) is 2.03. The molecule has 0 saturated carbocycles. The number of pyridine rings is 1. The van der Waals surface area contributed by atoms with Crippen LogP contribution in [-0.4, -0.2) is 28.3 Å². The van der Waals surface area contributed by atoms with Gasteiger partial charge in [-0.15, -0.1) is 0 Å². The topological polar surface area (TPSA) is 67.9 Å². The molecule has 82 valence electrons. The highest BCUT2D eigenvalue weighted by atomic mass is 79.9. The van der Waals surface area contributed by atoms with Gasteiger partial charge in [-0.25, -0.2) is 4.79 Å². The fourth-order valence-corrected chi connectivity index (χ4v) is 1.71. The van der Waals surface area contributed by atoms with E-state index in [2.05, 4.69) is 35.8 Å². The molecule has 6 heteroatoms. The Morgan fingerprint density at radius 2 is 2.38 bits per heavy atom. The van der Waals surface area contributed by atoms with Gasteiger partial charge in [-0.2, -0.15) is 5.10 Å². The number of aromatic amines is 1. The molecule has 2 rings (SSSR count). The number of H-pyrrole nitrogens is 1. The molecule has 2 aromatic rings. The summed E-state index contributed by atoms with van der Waals surface area (Å²) in [6.07, 6.45) is 3.33. The number of ether oxygens (including phenoxy) is 1. The Morgan fingerprint density at radius 3 is 3.06 bits per heavy atom. The predicted molar refractivity (Wildman–Crippen MR) is 60.9 cm³/mol. The van der Waals surface area contributed by atoms with Gasteiger partial charge in [-0.1, -0.05) is 0 Å². The summed E-state index contributed by atoms with van der Waals surface area (Å²) in [5.74, 6) is -0.441. The van der Waals surface area contributed by atoms with Gasteiger partial charge in [0.15, 0.2) is 0 Å². The summed E-state index contributed by atoms with van der Waals surface area (Å²) in [5.41, 5.74) is 1.84. The zero-order chi connectivity index (χ0) is 11.5. The van der Waals surface area contributed by atoms with E-state index in [9.17, 15) is 4.79 Å². The number of carbonyl (C=O) groups is 1. The van der Waals surface area contributed by atoms with Crippen molar-refractivity contribution in [1.82, 2.24) is 15.2 Å². The molecular formula is C10H8BrN3O2. The third kappa shape index (κ3) is 1.96. The Bertz CT molecular complexity index is 524. The smallest absolute Gasteiger partial charge is 0.356 e. The molecule has 0 aliphatic carbocycles. The van der Waals surface area contributed by atoms with E-state index in [-0.39, 0.29) is 0 Å². The maximum atomic E-state index is 11.2. The molecule has 0 aliphatic rings. The molecule has 0 unspecified atom stereocenters. The van der Waals surface area contributed by atoms with Crippen LogP contribution in [0.1, 0.15) is 10.5 Å². The van der Waals surface area contributed by atoms with Crippen LogP contribution in [0.15, 0.2) is 29.0 Å². The first-order chi connectivity index (χ1) is 7.72. The van der Waals surface area contributed by atoms with Gasteiger partial charge in [0.1, 0.15) is 5.69 Å². The number of methoxy groups -OCH3 is 1. The van der Waals surface area contributed by atoms with E-state index in [1.54, 1.807) is 24.5 Å². The van der Waals surface area contributed by atoms with E-state index in [0.717, 1.165) is 10.0 Å². The molecule has 0 atom stereocenters. The summed E-state index contributed by atoms with van der Waals surface area (Å²) < 4.78 is 5.40. The number of aromatic nitrogens is 3. The summed E-state index contributed by atoms with van der Waals surface area (Å²) in [4.78, 5) is 15.2. The van der Waals surface area contributed by atoms with Gasteiger partial charge in [0, 0.05) is 22.4 Å². The van der Waals surface area contributed by atoms with Gasteiger partial charge >= 0.3 is 5.97 Å². The van der Waals surface area contributed by atoms with E-state index in [1.165, 1.54) is 7.11 Å². The number of hydrogen-bond acceptors (Lipinski definition) is 4. The summed E-state index contributed by atoms with van der Waals surface area (Å²) in [5, 5.41) is 6.65. The minimum absolute atomic E-state index is 0.321. The number of rotatable bonds is 2. The van der Waals surface area contributed by atoms with Crippen LogP contribution >= 0.6 is 15.9 Å². The van der Waals surface area contributed by atoms with Crippen molar-refractivity contribution in [3.63, 3.8) is 0 Å². The summed E-state index contributed by atoms with van der Waals surface area (Å²) in [6, 6.07) is 3.44. The number of halogens is 1. The number of esters is 1. The lowest BCUT2D eigenvalue weighted by atomic mass is 10.2. The van der Waals surface area contributed by atoms with Gasteiger partial charge in [0.2, 0.25) is 0 Å². The minimum atomic E-state index is -0.441. The Hall–Kier alpha value is -1.69. The average Bonchev–Trinajstić information content (AvgIpc) is 2.78. The van der Waals surface area contributed by atoms with Crippen molar-refractivity contribution >= 4 is 21.9 Å². The van der Waals surface area contributed by atoms with E-state index in [4.69, 9.17) is 0 Å². The van der Waals surface area contributed by atoms with Crippen molar-refractivity contribution in [3.8, 4) is 11.3 Å². The summed E-state index contributed by atoms with van der Waals surface area (Å²) in [7, 11) is 1.32. The molecule has 5 nitrogen and oxygen atoms in total. The maximum Gasteiger partial charge on any atom is 0.356 e. The van der Waals surface area contributed by atoms with Gasteiger partial charge in [-0.3, -0.25) is 10.1 Å². The van der Waals surface area contributed by atoms with E-state index >= 15 is 0 Å². The first-order valence-corrected chi connectivity index (χ1v) is 5.25. The van der Waals surface area contributed by atoms with Crippen LogP contribution in [0.3, 0.4) is 0 Å². The Balaban J connectivity index is 2.39. The molecule has 0 aliphatic heterocycles. The predicted octanol–water partition coefficient (Wildman–Crippen LogP) is 2.02.